The Morgan fingerprint density at radius 3 is 2.84 bits per heavy atom. The molecule has 3 N–H and O–H groups in total. The molecule has 0 aliphatic carbocycles. The zero-order chi connectivity index (χ0) is 22.2. The lowest BCUT2D eigenvalue weighted by molar-refractivity contribution is -0.129. The van der Waals surface area contributed by atoms with E-state index >= 15 is 0 Å². The summed E-state index contributed by atoms with van der Waals surface area (Å²) in [6.07, 6.45) is 1.70. The Morgan fingerprint density at radius 2 is 2.10 bits per heavy atom. The number of hydroxylamine groups is 1. The van der Waals surface area contributed by atoms with Crippen molar-refractivity contribution in [2.45, 2.75) is 36.3 Å². The highest BCUT2D eigenvalue weighted by atomic mass is 32.2. The summed E-state index contributed by atoms with van der Waals surface area (Å²) < 4.78 is 5.24. The number of carbonyl (C=O) groups is 2. The van der Waals surface area contributed by atoms with Gasteiger partial charge < -0.3 is 15.0 Å². The van der Waals surface area contributed by atoms with Gasteiger partial charge in [0.2, 0.25) is 5.91 Å². The van der Waals surface area contributed by atoms with Gasteiger partial charge in [-0.1, -0.05) is 12.1 Å². The van der Waals surface area contributed by atoms with Gasteiger partial charge in [-0.15, -0.1) is 11.8 Å². The van der Waals surface area contributed by atoms with Crippen molar-refractivity contribution >= 4 is 29.3 Å². The smallest absolute Gasteiger partial charge is 0.251 e. The van der Waals surface area contributed by atoms with Crippen molar-refractivity contribution in [3.8, 4) is 5.75 Å². The fraction of sp³-hybridized carbons (Fsp3) is 0.391. The maximum Gasteiger partial charge on any atom is 0.251 e. The van der Waals surface area contributed by atoms with Crippen molar-refractivity contribution in [1.29, 1.82) is 0 Å². The molecule has 2 aromatic rings. The number of hydrogen-bond acceptors (Lipinski definition) is 6. The van der Waals surface area contributed by atoms with Gasteiger partial charge in [-0.3, -0.25) is 14.8 Å². The Kier molecular flexibility index (Phi) is 8.20. The first kappa shape index (κ1) is 23.0. The summed E-state index contributed by atoms with van der Waals surface area (Å²) >= 11 is 1.72. The van der Waals surface area contributed by atoms with E-state index in [0.717, 1.165) is 41.4 Å². The van der Waals surface area contributed by atoms with E-state index in [4.69, 9.17) is 9.94 Å². The molecule has 1 aliphatic rings. The first-order chi connectivity index (χ1) is 15.0. The van der Waals surface area contributed by atoms with Gasteiger partial charge in [-0.2, -0.15) is 0 Å². The lowest BCUT2D eigenvalue weighted by Gasteiger charge is -2.35. The summed E-state index contributed by atoms with van der Waals surface area (Å²) in [4.78, 5) is 27.4. The van der Waals surface area contributed by atoms with Crippen molar-refractivity contribution in [1.82, 2.24) is 10.8 Å². The number of nitrogens with one attached hydrogen (secondary N) is 2. The first-order valence-electron chi connectivity index (χ1n) is 10.4. The molecular weight excluding hydrogens is 414 g/mol. The monoisotopic (exact) mass is 443 g/mol. The average molecular weight is 444 g/mol. The second-order valence-corrected chi connectivity index (χ2v) is 8.73. The van der Waals surface area contributed by atoms with Gasteiger partial charge in [0.05, 0.1) is 12.8 Å². The van der Waals surface area contributed by atoms with E-state index in [1.54, 1.807) is 24.4 Å². The van der Waals surface area contributed by atoms with Gasteiger partial charge in [0.25, 0.3) is 5.91 Å². The van der Waals surface area contributed by atoms with Crippen molar-refractivity contribution in [3.05, 3.63) is 53.6 Å². The van der Waals surface area contributed by atoms with Crippen molar-refractivity contribution in [3.63, 3.8) is 0 Å². The quantitative estimate of drug-likeness (QED) is 0.407. The Balaban J connectivity index is 1.60. The molecule has 166 valence electrons. The molecule has 0 fully saturated rings. The van der Waals surface area contributed by atoms with Gasteiger partial charge in [0, 0.05) is 41.8 Å². The standard InChI is InChI=1S/C23H29N3O4S/c1-3-26-15-19(8-10-22(27)25-29)31-21-9-7-17(14-20(21)26)23(28)24-12-11-16-5-4-6-18(13-16)30-2/h4-7,9,13-14,19,29H,3,8,10-12,15H2,1-2H3,(H,24,28)(H,25,27). The van der Waals surface area contributed by atoms with Crippen LogP contribution in [0.3, 0.4) is 0 Å². The molecule has 1 unspecified atom stereocenters. The van der Waals surface area contributed by atoms with Crippen LogP contribution < -0.4 is 20.4 Å². The second-order valence-electron chi connectivity index (χ2n) is 7.39. The van der Waals surface area contributed by atoms with Gasteiger partial charge in [0.15, 0.2) is 0 Å². The van der Waals surface area contributed by atoms with Crippen LogP contribution in [0.5, 0.6) is 5.75 Å². The van der Waals surface area contributed by atoms with E-state index in [-0.39, 0.29) is 23.5 Å². The molecule has 2 aromatic carbocycles. The molecule has 0 radical (unpaired) electrons. The number of methoxy groups -OCH3 is 1. The lowest BCUT2D eigenvalue weighted by atomic mass is 10.1. The minimum atomic E-state index is -0.365. The molecule has 0 bridgehead atoms. The maximum absolute atomic E-state index is 12.7. The summed E-state index contributed by atoms with van der Waals surface area (Å²) in [5, 5.41) is 11.9. The number of rotatable bonds is 9. The highest BCUT2D eigenvalue weighted by molar-refractivity contribution is 8.00. The van der Waals surface area contributed by atoms with Crippen molar-refractivity contribution < 1.29 is 19.5 Å². The molecule has 3 rings (SSSR count). The number of nitrogens with zero attached hydrogens (tertiary/aromatic N) is 1. The summed E-state index contributed by atoms with van der Waals surface area (Å²) in [6.45, 7) is 4.24. The molecule has 8 heteroatoms. The molecule has 2 amide bonds. The topological polar surface area (TPSA) is 90.9 Å². The SMILES string of the molecule is CCN1CC(CCC(=O)NO)Sc2ccc(C(=O)NCCc3cccc(OC)c3)cc21. The highest BCUT2D eigenvalue weighted by Crippen LogP contribution is 2.40. The lowest BCUT2D eigenvalue weighted by Crippen LogP contribution is -2.35. The van der Waals surface area contributed by atoms with E-state index in [2.05, 4.69) is 17.1 Å². The number of thioether (sulfide) groups is 1. The third kappa shape index (κ3) is 6.15. The highest BCUT2D eigenvalue weighted by Gasteiger charge is 2.25. The number of carbonyl (C=O) groups excluding carboxylic acids is 2. The Morgan fingerprint density at radius 1 is 1.26 bits per heavy atom. The average Bonchev–Trinajstić information content (AvgIpc) is 2.81. The Labute approximate surface area is 187 Å². The molecule has 31 heavy (non-hydrogen) atoms. The van der Waals surface area contributed by atoms with E-state index in [0.29, 0.717) is 18.5 Å². The fourth-order valence-electron chi connectivity index (χ4n) is 3.61. The fourth-order valence-corrected chi connectivity index (χ4v) is 4.92. The van der Waals surface area contributed by atoms with Crippen LogP contribution in [0, 0.1) is 0 Å². The number of anilines is 1. The van der Waals surface area contributed by atoms with Crippen LogP contribution in [0.15, 0.2) is 47.4 Å². The van der Waals surface area contributed by atoms with Crippen LogP contribution in [0.4, 0.5) is 5.69 Å². The summed E-state index contributed by atoms with van der Waals surface area (Å²) in [5.74, 6) is 0.356. The summed E-state index contributed by atoms with van der Waals surface area (Å²) in [7, 11) is 1.64. The second kappa shape index (κ2) is 11.1. The third-order valence-corrected chi connectivity index (χ3v) is 6.63. The van der Waals surface area contributed by atoms with Crippen molar-refractivity contribution in [2.75, 3.05) is 31.6 Å². The molecule has 1 heterocycles. The molecule has 0 spiro atoms. The van der Waals surface area contributed by atoms with Gasteiger partial charge in [-0.25, -0.2) is 5.48 Å². The van der Waals surface area contributed by atoms with Crippen LogP contribution >= 0.6 is 11.8 Å². The van der Waals surface area contributed by atoms with Crippen LogP contribution in [0.1, 0.15) is 35.7 Å². The molecule has 1 aliphatic heterocycles. The molecule has 7 nitrogen and oxygen atoms in total. The minimum absolute atomic E-state index is 0.0894. The van der Waals surface area contributed by atoms with Crippen LogP contribution in [-0.2, 0) is 11.2 Å². The zero-order valence-corrected chi connectivity index (χ0v) is 18.7. The third-order valence-electron chi connectivity index (χ3n) is 5.31. The number of ether oxygens (including phenoxy) is 1. The molecule has 0 saturated carbocycles. The molecule has 0 saturated heterocycles. The number of fused-ring (bicyclic) bond motifs is 1. The van der Waals surface area contributed by atoms with Gasteiger partial charge >= 0.3 is 0 Å². The number of hydrogen-bond donors (Lipinski definition) is 3. The first-order valence-corrected chi connectivity index (χ1v) is 11.3. The summed E-state index contributed by atoms with van der Waals surface area (Å²) in [6, 6.07) is 13.6. The van der Waals surface area contributed by atoms with Crippen molar-refractivity contribution in [2.24, 2.45) is 0 Å². The Bertz CT molecular complexity index is 921. The van der Waals surface area contributed by atoms with E-state index in [1.807, 2.05) is 42.5 Å². The predicted octanol–water partition coefficient (Wildman–Crippen LogP) is 3.25. The van der Waals surface area contributed by atoms with Crippen LogP contribution in [0.25, 0.3) is 0 Å². The van der Waals surface area contributed by atoms with Crippen LogP contribution in [-0.4, -0.2) is 49.0 Å². The summed E-state index contributed by atoms with van der Waals surface area (Å²) in [5.41, 5.74) is 4.49. The largest absolute Gasteiger partial charge is 0.497 e. The van der Waals surface area contributed by atoms with E-state index < -0.39 is 0 Å². The Hall–Kier alpha value is -2.71. The number of benzene rings is 2. The van der Waals surface area contributed by atoms with Crippen LogP contribution in [0.2, 0.25) is 0 Å². The van der Waals surface area contributed by atoms with Gasteiger partial charge in [0.1, 0.15) is 5.75 Å². The maximum atomic E-state index is 12.7. The molecular formula is C23H29N3O4S. The number of amides is 2. The molecule has 0 aromatic heterocycles. The normalized spacial score (nSPS) is 15.2. The minimum Gasteiger partial charge on any atom is -0.497 e. The van der Waals surface area contributed by atoms with E-state index in [9.17, 15) is 9.59 Å². The molecule has 1 atom stereocenters. The zero-order valence-electron chi connectivity index (χ0n) is 17.9. The van der Waals surface area contributed by atoms with Gasteiger partial charge in [-0.05, 0) is 55.7 Å². The predicted molar refractivity (Wildman–Crippen MR) is 122 cm³/mol. The van der Waals surface area contributed by atoms with E-state index in [1.165, 1.54) is 0 Å².